The number of para-hydroxylation sites is 2. The fourth-order valence-electron chi connectivity index (χ4n) is 6.03. The minimum absolute atomic E-state index is 0.993. The summed E-state index contributed by atoms with van der Waals surface area (Å²) in [4.78, 5) is 5.12. The molecule has 0 spiro atoms. The molecule has 0 saturated heterocycles. The molecule has 2 heterocycles. The van der Waals surface area contributed by atoms with E-state index in [0.29, 0.717) is 0 Å². The number of benzene rings is 4. The largest absolute Gasteiger partial charge is 0.292 e. The Kier molecular flexibility index (Phi) is 5.16. The zero-order valence-electron chi connectivity index (χ0n) is 21.4. The molecule has 2 nitrogen and oxygen atoms in total. The van der Waals surface area contributed by atoms with Gasteiger partial charge in [-0.1, -0.05) is 78.4 Å². The summed E-state index contributed by atoms with van der Waals surface area (Å²) in [6.45, 7) is 6.57. The van der Waals surface area contributed by atoms with Gasteiger partial charge in [0.1, 0.15) is 5.82 Å². The molecule has 0 amide bonds. The predicted molar refractivity (Wildman–Crippen MR) is 158 cm³/mol. The third-order valence-corrected chi connectivity index (χ3v) is 8.81. The molecule has 0 saturated carbocycles. The molecule has 0 atom stereocenters. The van der Waals surface area contributed by atoms with E-state index in [1.54, 1.807) is 0 Å². The van der Waals surface area contributed by atoms with E-state index in [1.807, 2.05) is 11.3 Å². The van der Waals surface area contributed by atoms with Gasteiger partial charge >= 0.3 is 0 Å². The van der Waals surface area contributed by atoms with Gasteiger partial charge in [0.2, 0.25) is 0 Å². The molecular formula is C34H28N2S. The summed E-state index contributed by atoms with van der Waals surface area (Å²) >= 11 is 1.93. The van der Waals surface area contributed by atoms with Gasteiger partial charge in [0.25, 0.3) is 0 Å². The quantitative estimate of drug-likeness (QED) is 0.247. The number of aromatic nitrogens is 2. The summed E-state index contributed by atoms with van der Waals surface area (Å²) in [6, 6.07) is 30.9. The van der Waals surface area contributed by atoms with Crippen molar-refractivity contribution in [2.75, 3.05) is 0 Å². The Morgan fingerprint density at radius 3 is 2.30 bits per heavy atom. The van der Waals surface area contributed by atoms with Gasteiger partial charge in [0, 0.05) is 14.8 Å². The first-order valence-electron chi connectivity index (χ1n) is 13.0. The van der Waals surface area contributed by atoms with Crippen molar-refractivity contribution in [3.05, 3.63) is 117 Å². The predicted octanol–water partition coefficient (Wildman–Crippen LogP) is 7.61. The number of thiophene rings is 1. The van der Waals surface area contributed by atoms with Crippen molar-refractivity contribution in [1.29, 1.82) is 0 Å². The van der Waals surface area contributed by atoms with Gasteiger partial charge in [-0.3, -0.25) is 4.57 Å². The Labute approximate surface area is 220 Å². The van der Waals surface area contributed by atoms with Crippen LogP contribution in [0.2, 0.25) is 0 Å². The van der Waals surface area contributed by atoms with E-state index in [1.165, 1.54) is 53.4 Å². The van der Waals surface area contributed by atoms with Crippen LogP contribution in [0.3, 0.4) is 0 Å². The van der Waals surface area contributed by atoms with Crippen LogP contribution in [0.25, 0.3) is 49.8 Å². The zero-order chi connectivity index (χ0) is 25.1. The number of aryl methyl sites for hydroxylation is 3. The van der Waals surface area contributed by atoms with Crippen LogP contribution in [-0.4, -0.2) is 9.55 Å². The molecule has 0 aliphatic heterocycles. The van der Waals surface area contributed by atoms with Crippen LogP contribution in [-0.2, 0) is 0 Å². The average molecular weight is 497 g/mol. The summed E-state index contributed by atoms with van der Waals surface area (Å²) in [5, 5.41) is 2.80. The van der Waals surface area contributed by atoms with Crippen LogP contribution >= 0.6 is 11.3 Å². The summed E-state index contributed by atoms with van der Waals surface area (Å²) < 4.78 is 5.15. The molecule has 1 aliphatic carbocycles. The number of rotatable bonds is 3. The summed E-state index contributed by atoms with van der Waals surface area (Å²) in [7, 11) is 0. The normalized spacial score (nSPS) is 13.2. The maximum absolute atomic E-state index is 5.12. The van der Waals surface area contributed by atoms with E-state index >= 15 is 0 Å². The monoisotopic (exact) mass is 496 g/mol. The van der Waals surface area contributed by atoms with Crippen LogP contribution in [0.15, 0.2) is 84.9 Å². The summed E-state index contributed by atoms with van der Waals surface area (Å²) in [5.74, 6) is 0.993. The smallest absolute Gasteiger partial charge is 0.145 e. The highest BCUT2D eigenvalue weighted by Gasteiger charge is 2.18. The van der Waals surface area contributed by atoms with Gasteiger partial charge < -0.3 is 0 Å². The lowest BCUT2D eigenvalue weighted by molar-refractivity contribution is 1.06. The fourth-order valence-corrected chi connectivity index (χ4v) is 7.33. The van der Waals surface area contributed by atoms with E-state index in [-0.39, 0.29) is 0 Å². The lowest BCUT2D eigenvalue weighted by Crippen LogP contribution is -2.25. The van der Waals surface area contributed by atoms with Crippen molar-refractivity contribution >= 4 is 44.1 Å². The van der Waals surface area contributed by atoms with Crippen LogP contribution < -0.4 is 9.75 Å². The molecular weight excluding hydrogens is 468 g/mol. The molecule has 0 radical (unpaired) electrons. The first-order valence-corrected chi connectivity index (χ1v) is 13.8. The first kappa shape index (κ1) is 22.3. The van der Waals surface area contributed by atoms with Crippen molar-refractivity contribution in [3.8, 4) is 17.1 Å². The standard InChI is InChI=1S/C34H28N2S/c1-21-19-22(2)32(23(3)20-21)36-30-13-6-5-12-29(30)35-34(36)25-17-15-24(16-18-25)26-10-8-11-28-27-9-4-7-14-31(27)37-33(26)28/h4-7,9,11-20H,8,10H2,1-3H3. The summed E-state index contributed by atoms with van der Waals surface area (Å²) in [6.07, 6.45) is 4.59. The SMILES string of the molecule is Cc1cc(C)c(-n2c(-c3ccc(C4=c5sc6ccccc6c5=CCC4)cc3)nc3ccccc32)c(C)c1. The number of nitrogens with zero attached hydrogens (tertiary/aromatic N) is 2. The number of hydrogen-bond donors (Lipinski definition) is 0. The van der Waals surface area contributed by atoms with Crippen LogP contribution in [0.1, 0.15) is 35.1 Å². The molecule has 6 aromatic rings. The topological polar surface area (TPSA) is 17.8 Å². The molecule has 0 unspecified atom stereocenters. The molecule has 1 aliphatic rings. The van der Waals surface area contributed by atoms with Crippen molar-refractivity contribution in [1.82, 2.24) is 9.55 Å². The second-order valence-electron chi connectivity index (χ2n) is 10.1. The van der Waals surface area contributed by atoms with E-state index in [4.69, 9.17) is 4.98 Å². The minimum atomic E-state index is 0.993. The van der Waals surface area contributed by atoms with Crippen LogP contribution in [0.4, 0.5) is 0 Å². The number of hydrogen-bond acceptors (Lipinski definition) is 2. The van der Waals surface area contributed by atoms with Gasteiger partial charge in [-0.2, -0.15) is 0 Å². The number of imidazole rings is 1. The van der Waals surface area contributed by atoms with Gasteiger partial charge in [-0.15, -0.1) is 11.3 Å². The van der Waals surface area contributed by atoms with Gasteiger partial charge in [-0.05, 0) is 84.7 Å². The molecule has 37 heavy (non-hydrogen) atoms. The maximum Gasteiger partial charge on any atom is 0.145 e. The molecule has 180 valence electrons. The molecule has 0 bridgehead atoms. The molecule has 0 fully saturated rings. The van der Waals surface area contributed by atoms with Crippen molar-refractivity contribution < 1.29 is 0 Å². The molecule has 2 aromatic heterocycles. The van der Waals surface area contributed by atoms with Crippen molar-refractivity contribution in [2.24, 2.45) is 0 Å². The van der Waals surface area contributed by atoms with Gasteiger partial charge in [0.15, 0.2) is 0 Å². The minimum Gasteiger partial charge on any atom is -0.292 e. The van der Waals surface area contributed by atoms with Crippen LogP contribution in [0.5, 0.6) is 0 Å². The Balaban J connectivity index is 1.41. The maximum atomic E-state index is 5.12. The molecule has 3 heteroatoms. The lowest BCUT2D eigenvalue weighted by atomic mass is 9.96. The Morgan fingerprint density at radius 2 is 1.49 bits per heavy atom. The van der Waals surface area contributed by atoms with E-state index in [2.05, 4.69) is 116 Å². The third kappa shape index (κ3) is 3.57. The van der Waals surface area contributed by atoms with Gasteiger partial charge in [-0.25, -0.2) is 4.98 Å². The summed E-state index contributed by atoms with van der Waals surface area (Å²) in [5.41, 5.74) is 11.1. The highest BCUT2D eigenvalue weighted by atomic mass is 32.1. The van der Waals surface area contributed by atoms with Crippen LogP contribution in [0, 0.1) is 20.8 Å². The van der Waals surface area contributed by atoms with E-state index in [9.17, 15) is 0 Å². The van der Waals surface area contributed by atoms with E-state index < -0.39 is 0 Å². The third-order valence-electron chi connectivity index (χ3n) is 7.56. The zero-order valence-corrected chi connectivity index (χ0v) is 22.2. The van der Waals surface area contributed by atoms with Crippen molar-refractivity contribution in [2.45, 2.75) is 33.6 Å². The second kappa shape index (κ2) is 8.57. The Bertz CT molecular complexity index is 1930. The molecule has 0 N–H and O–H groups in total. The molecule has 7 rings (SSSR count). The van der Waals surface area contributed by atoms with E-state index in [0.717, 1.165) is 35.3 Å². The Hall–Kier alpha value is -3.95. The number of fused-ring (bicyclic) bond motifs is 4. The lowest BCUT2D eigenvalue weighted by Gasteiger charge is -2.17. The average Bonchev–Trinajstić information content (AvgIpc) is 3.47. The first-order chi connectivity index (χ1) is 18.1. The second-order valence-corrected chi connectivity index (χ2v) is 11.2. The molecule has 4 aromatic carbocycles. The highest BCUT2D eigenvalue weighted by molar-refractivity contribution is 7.17. The van der Waals surface area contributed by atoms with Gasteiger partial charge in [0.05, 0.1) is 16.7 Å². The highest BCUT2D eigenvalue weighted by Crippen LogP contribution is 2.33. The van der Waals surface area contributed by atoms with Crippen molar-refractivity contribution in [3.63, 3.8) is 0 Å². The fraction of sp³-hybridized carbons (Fsp3) is 0.147. The Morgan fingerprint density at radius 1 is 0.784 bits per heavy atom.